The Morgan fingerprint density at radius 1 is 1.09 bits per heavy atom. The summed E-state index contributed by atoms with van der Waals surface area (Å²) in [5.74, 6) is 1.53. The van der Waals surface area contributed by atoms with Gasteiger partial charge in [-0.2, -0.15) is 0 Å². The van der Waals surface area contributed by atoms with Gasteiger partial charge in [0, 0.05) is 12.6 Å². The Balaban J connectivity index is 2.03. The van der Waals surface area contributed by atoms with Crippen molar-refractivity contribution in [3.63, 3.8) is 0 Å². The Morgan fingerprint density at radius 3 is 2.52 bits per heavy atom. The highest BCUT2D eigenvalue weighted by Crippen LogP contribution is 2.29. The van der Waals surface area contributed by atoms with Crippen molar-refractivity contribution in [1.82, 2.24) is 14.9 Å². The number of nitrogens with zero attached hydrogens (tertiary/aromatic N) is 3. The van der Waals surface area contributed by atoms with Crippen molar-refractivity contribution in [1.29, 1.82) is 0 Å². The third kappa shape index (κ3) is 5.37. The van der Waals surface area contributed by atoms with Gasteiger partial charge < -0.3 is 15.5 Å². The highest BCUT2D eigenvalue weighted by Gasteiger charge is 2.07. The van der Waals surface area contributed by atoms with Gasteiger partial charge in [0.25, 0.3) is 0 Å². The molecule has 0 radical (unpaired) electrons. The van der Waals surface area contributed by atoms with Crippen molar-refractivity contribution < 1.29 is 0 Å². The lowest BCUT2D eigenvalue weighted by Gasteiger charge is -2.13. The number of nitrogens with one attached hydrogen (secondary N) is 2. The van der Waals surface area contributed by atoms with Crippen LogP contribution in [0.1, 0.15) is 17.5 Å². The molecule has 1 aromatic heterocycles. The lowest BCUT2D eigenvalue weighted by atomic mass is 10.1. The van der Waals surface area contributed by atoms with Crippen LogP contribution in [0.4, 0.5) is 17.3 Å². The summed E-state index contributed by atoms with van der Waals surface area (Å²) in [6.45, 7) is 5.98. The Kier molecular flexibility index (Phi) is 6.19. The number of halogens is 1. The van der Waals surface area contributed by atoms with E-state index in [0.717, 1.165) is 48.0 Å². The molecule has 23 heavy (non-hydrogen) atoms. The van der Waals surface area contributed by atoms with Gasteiger partial charge in [0.15, 0.2) is 0 Å². The highest BCUT2D eigenvalue weighted by molar-refractivity contribution is 6.33. The first kappa shape index (κ1) is 17.5. The maximum Gasteiger partial charge on any atom is 0.135 e. The normalized spacial score (nSPS) is 10.9. The zero-order valence-corrected chi connectivity index (χ0v) is 14.9. The maximum atomic E-state index is 6.33. The minimum absolute atomic E-state index is 0.696. The van der Waals surface area contributed by atoms with Gasteiger partial charge in [-0.15, -0.1) is 0 Å². The number of aromatic nitrogens is 2. The number of hydrogen-bond acceptors (Lipinski definition) is 5. The van der Waals surface area contributed by atoms with Crippen LogP contribution in [-0.2, 0) is 0 Å². The minimum Gasteiger partial charge on any atom is -0.370 e. The third-order valence-electron chi connectivity index (χ3n) is 3.44. The molecule has 0 fully saturated rings. The van der Waals surface area contributed by atoms with Crippen LogP contribution in [0.3, 0.4) is 0 Å². The molecule has 0 saturated heterocycles. The van der Waals surface area contributed by atoms with E-state index in [4.69, 9.17) is 11.6 Å². The first-order valence-corrected chi connectivity index (χ1v) is 8.08. The van der Waals surface area contributed by atoms with E-state index in [-0.39, 0.29) is 0 Å². The van der Waals surface area contributed by atoms with E-state index in [2.05, 4.69) is 45.7 Å². The zero-order valence-electron chi connectivity index (χ0n) is 14.2. The number of hydrogen-bond donors (Lipinski definition) is 2. The fraction of sp³-hybridized carbons (Fsp3) is 0.412. The topological polar surface area (TPSA) is 53.1 Å². The molecule has 0 bridgehead atoms. The molecule has 2 N–H and O–H groups in total. The molecule has 0 atom stereocenters. The predicted molar refractivity (Wildman–Crippen MR) is 97.9 cm³/mol. The second-order valence-corrected chi connectivity index (χ2v) is 6.34. The quantitative estimate of drug-likeness (QED) is 0.754. The third-order valence-corrected chi connectivity index (χ3v) is 3.74. The van der Waals surface area contributed by atoms with Gasteiger partial charge in [-0.1, -0.05) is 17.7 Å². The van der Waals surface area contributed by atoms with Crippen LogP contribution in [0.15, 0.2) is 24.5 Å². The standard InChI is InChI=1S/C17H24ClN5/c1-12-8-13(2)17(14(18)9-12)22-16-10-15(20-11-21-16)19-6-5-7-23(3)4/h8-11H,5-7H2,1-4H3,(H2,19,20,21,22). The van der Waals surface area contributed by atoms with Crippen LogP contribution in [0.2, 0.25) is 5.02 Å². The lowest BCUT2D eigenvalue weighted by molar-refractivity contribution is 0.405. The minimum atomic E-state index is 0.696. The Hall–Kier alpha value is -1.85. The summed E-state index contributed by atoms with van der Waals surface area (Å²) in [5.41, 5.74) is 3.12. The molecule has 0 amide bonds. The van der Waals surface area contributed by atoms with Gasteiger partial charge in [-0.3, -0.25) is 0 Å². The van der Waals surface area contributed by atoms with Gasteiger partial charge in [0.2, 0.25) is 0 Å². The average Bonchev–Trinajstić information content (AvgIpc) is 2.48. The molecule has 0 spiro atoms. The summed E-state index contributed by atoms with van der Waals surface area (Å²) in [7, 11) is 4.14. The average molecular weight is 334 g/mol. The number of benzene rings is 1. The highest BCUT2D eigenvalue weighted by atomic mass is 35.5. The molecule has 0 unspecified atom stereocenters. The van der Waals surface area contributed by atoms with E-state index >= 15 is 0 Å². The molecule has 2 aromatic rings. The first-order chi connectivity index (χ1) is 11.0. The largest absolute Gasteiger partial charge is 0.370 e. The second-order valence-electron chi connectivity index (χ2n) is 5.94. The summed E-state index contributed by atoms with van der Waals surface area (Å²) < 4.78 is 0. The van der Waals surface area contributed by atoms with E-state index in [1.165, 1.54) is 0 Å². The van der Waals surface area contributed by atoms with Crippen molar-refractivity contribution >= 4 is 28.9 Å². The summed E-state index contributed by atoms with van der Waals surface area (Å²) in [6.07, 6.45) is 2.61. The van der Waals surface area contributed by atoms with E-state index in [1.54, 1.807) is 6.33 Å². The lowest BCUT2D eigenvalue weighted by Crippen LogP contribution is -2.16. The molecule has 6 heteroatoms. The monoisotopic (exact) mass is 333 g/mol. The molecule has 1 aromatic carbocycles. The zero-order chi connectivity index (χ0) is 16.8. The first-order valence-electron chi connectivity index (χ1n) is 7.70. The van der Waals surface area contributed by atoms with E-state index in [1.807, 2.05) is 26.0 Å². The van der Waals surface area contributed by atoms with Crippen LogP contribution < -0.4 is 10.6 Å². The van der Waals surface area contributed by atoms with Crippen molar-refractivity contribution in [2.45, 2.75) is 20.3 Å². The van der Waals surface area contributed by atoms with E-state index in [0.29, 0.717) is 5.02 Å². The summed E-state index contributed by atoms with van der Waals surface area (Å²) in [6, 6.07) is 5.93. The molecule has 0 aliphatic rings. The van der Waals surface area contributed by atoms with Crippen LogP contribution in [0.5, 0.6) is 0 Å². The predicted octanol–water partition coefficient (Wildman–Crippen LogP) is 3.85. The van der Waals surface area contributed by atoms with Gasteiger partial charge in [-0.05, 0) is 58.1 Å². The fourth-order valence-corrected chi connectivity index (χ4v) is 2.70. The SMILES string of the molecule is Cc1cc(C)c(Nc2cc(NCCCN(C)C)ncn2)c(Cl)c1. The number of aryl methyl sites for hydroxylation is 2. The van der Waals surface area contributed by atoms with E-state index < -0.39 is 0 Å². The van der Waals surface area contributed by atoms with E-state index in [9.17, 15) is 0 Å². The second kappa shape index (κ2) is 8.13. The molecule has 0 aliphatic carbocycles. The van der Waals surface area contributed by atoms with Crippen molar-refractivity contribution in [3.05, 3.63) is 40.7 Å². The number of rotatable bonds is 7. The van der Waals surface area contributed by atoms with Gasteiger partial charge in [0.05, 0.1) is 10.7 Å². The Morgan fingerprint density at radius 2 is 1.83 bits per heavy atom. The molecule has 124 valence electrons. The Labute approximate surface area is 143 Å². The van der Waals surface area contributed by atoms with Crippen LogP contribution in [0, 0.1) is 13.8 Å². The molecular formula is C17H24ClN5. The van der Waals surface area contributed by atoms with Crippen molar-refractivity contribution in [2.75, 3.05) is 37.8 Å². The van der Waals surface area contributed by atoms with Gasteiger partial charge in [-0.25, -0.2) is 9.97 Å². The van der Waals surface area contributed by atoms with Crippen LogP contribution >= 0.6 is 11.6 Å². The summed E-state index contributed by atoms with van der Waals surface area (Å²) >= 11 is 6.33. The Bertz CT molecular complexity index is 634. The van der Waals surface area contributed by atoms with Crippen LogP contribution in [0.25, 0.3) is 0 Å². The molecular weight excluding hydrogens is 310 g/mol. The summed E-state index contributed by atoms with van der Waals surface area (Å²) in [4.78, 5) is 10.7. The fourth-order valence-electron chi connectivity index (χ4n) is 2.34. The maximum absolute atomic E-state index is 6.33. The smallest absolute Gasteiger partial charge is 0.135 e. The van der Waals surface area contributed by atoms with Crippen molar-refractivity contribution in [2.24, 2.45) is 0 Å². The van der Waals surface area contributed by atoms with Gasteiger partial charge >= 0.3 is 0 Å². The number of anilines is 3. The molecule has 5 nitrogen and oxygen atoms in total. The molecule has 1 heterocycles. The van der Waals surface area contributed by atoms with Gasteiger partial charge in [0.1, 0.15) is 18.0 Å². The van der Waals surface area contributed by atoms with Crippen molar-refractivity contribution in [3.8, 4) is 0 Å². The molecule has 2 rings (SSSR count). The molecule has 0 saturated carbocycles. The van der Waals surface area contributed by atoms with Crippen LogP contribution in [-0.4, -0.2) is 42.1 Å². The summed E-state index contributed by atoms with van der Waals surface area (Å²) in [5, 5.41) is 7.30. The molecule has 0 aliphatic heterocycles.